The van der Waals surface area contributed by atoms with E-state index in [4.69, 9.17) is 28.8 Å². The van der Waals surface area contributed by atoms with E-state index in [1.807, 2.05) is 12.1 Å². The topological polar surface area (TPSA) is 103 Å². The normalized spacial score (nSPS) is 26.9. The summed E-state index contributed by atoms with van der Waals surface area (Å²) in [6, 6.07) is 11.0. The molecule has 224 valence electrons. The summed E-state index contributed by atoms with van der Waals surface area (Å²) in [4.78, 5) is 18.9. The summed E-state index contributed by atoms with van der Waals surface area (Å²) in [6.07, 6.45) is -6.51. The van der Waals surface area contributed by atoms with Crippen molar-refractivity contribution in [3.05, 3.63) is 53.7 Å². The van der Waals surface area contributed by atoms with Gasteiger partial charge in [0.2, 0.25) is 5.88 Å². The van der Waals surface area contributed by atoms with Crippen LogP contribution in [0.15, 0.2) is 42.5 Å². The summed E-state index contributed by atoms with van der Waals surface area (Å²) in [5.41, 5.74) is 0.0885. The second kappa shape index (κ2) is 12.1. The summed E-state index contributed by atoms with van der Waals surface area (Å²) in [7, 11) is 0. The molecule has 4 heterocycles. The number of halogens is 3. The first-order valence-corrected chi connectivity index (χ1v) is 13.5. The maximum Gasteiger partial charge on any atom is 0.433 e. The molecule has 0 bridgehead atoms. The van der Waals surface area contributed by atoms with E-state index in [1.165, 1.54) is 12.1 Å². The van der Waals surface area contributed by atoms with Gasteiger partial charge >= 0.3 is 12.1 Å². The van der Waals surface area contributed by atoms with Gasteiger partial charge in [-0.1, -0.05) is 18.2 Å². The van der Waals surface area contributed by atoms with Crippen LogP contribution in [0.2, 0.25) is 0 Å². The standard InChI is InChI=1S/C28H34F3N3O7/c1-27(2)40-25-20(38-16-21(26(25)41-27)39-23-5-3-4-22(32-23)28(29,30)31)15-34-12-10-33(11-13-34)14-18-6-8-19(9-7-18)37-17-24(35)36/h3-9,20-21,25-26H,10-17H2,1-2H3,(H,35,36)/t20-,21+,25+,26-/m1/s1. The van der Waals surface area contributed by atoms with Crippen LogP contribution in [0.25, 0.3) is 0 Å². The third kappa shape index (κ3) is 7.66. The molecule has 1 aromatic carbocycles. The molecule has 3 saturated heterocycles. The summed E-state index contributed by atoms with van der Waals surface area (Å²) >= 11 is 0. The number of carboxylic acid groups (broad SMARTS) is 1. The number of carbonyl (C=O) groups is 1. The van der Waals surface area contributed by atoms with E-state index in [1.54, 1.807) is 26.0 Å². The van der Waals surface area contributed by atoms with Crippen molar-refractivity contribution in [1.82, 2.24) is 14.8 Å². The van der Waals surface area contributed by atoms with Gasteiger partial charge in [0, 0.05) is 45.3 Å². The highest BCUT2D eigenvalue weighted by molar-refractivity contribution is 5.68. The van der Waals surface area contributed by atoms with Crippen molar-refractivity contribution in [3.8, 4) is 11.6 Å². The fraction of sp³-hybridized carbons (Fsp3) is 0.571. The molecule has 0 aliphatic carbocycles. The second-order valence-electron chi connectivity index (χ2n) is 10.9. The highest BCUT2D eigenvalue weighted by Gasteiger charge is 2.53. The van der Waals surface area contributed by atoms with E-state index in [-0.39, 0.29) is 25.2 Å². The van der Waals surface area contributed by atoms with Crippen LogP contribution in [-0.2, 0) is 31.7 Å². The number of fused-ring (bicyclic) bond motifs is 1. The lowest BCUT2D eigenvalue weighted by Crippen LogP contribution is -2.58. The molecule has 4 atom stereocenters. The van der Waals surface area contributed by atoms with Gasteiger partial charge in [-0.2, -0.15) is 13.2 Å². The fourth-order valence-corrected chi connectivity index (χ4v) is 5.33. The average molecular weight is 582 g/mol. The quantitative estimate of drug-likeness (QED) is 0.476. The third-order valence-electron chi connectivity index (χ3n) is 7.25. The maximum absolute atomic E-state index is 13.1. The molecule has 5 rings (SSSR count). The number of ether oxygens (including phenoxy) is 5. The zero-order chi connectivity index (χ0) is 29.2. The van der Waals surface area contributed by atoms with E-state index in [2.05, 4.69) is 14.8 Å². The first kappa shape index (κ1) is 29.5. The fourth-order valence-electron chi connectivity index (χ4n) is 5.33. The smallest absolute Gasteiger partial charge is 0.433 e. The van der Waals surface area contributed by atoms with E-state index in [9.17, 15) is 18.0 Å². The lowest BCUT2D eigenvalue weighted by atomic mass is 9.99. The van der Waals surface area contributed by atoms with Crippen LogP contribution >= 0.6 is 0 Å². The molecular weight excluding hydrogens is 547 g/mol. The number of hydrogen-bond acceptors (Lipinski definition) is 9. The van der Waals surface area contributed by atoms with Crippen molar-refractivity contribution in [2.75, 3.05) is 45.9 Å². The van der Waals surface area contributed by atoms with Gasteiger partial charge in [0.05, 0.1) is 12.7 Å². The number of carboxylic acids is 1. The van der Waals surface area contributed by atoms with E-state index in [0.717, 1.165) is 44.4 Å². The Hall–Kier alpha value is -2.97. The van der Waals surface area contributed by atoms with Crippen LogP contribution in [0, 0.1) is 0 Å². The molecule has 3 aliphatic rings. The predicted molar refractivity (Wildman–Crippen MR) is 139 cm³/mol. The van der Waals surface area contributed by atoms with Crippen molar-refractivity contribution in [2.24, 2.45) is 0 Å². The SMILES string of the molecule is CC1(C)O[C@@H]2[C@H](O1)[C@@H](Oc1cccc(C(F)(F)F)n1)CO[C@@H]2CN1CCN(Cc2ccc(OCC(=O)O)cc2)CC1. The minimum Gasteiger partial charge on any atom is -0.482 e. The zero-order valence-corrected chi connectivity index (χ0v) is 22.9. The summed E-state index contributed by atoms with van der Waals surface area (Å²) < 4.78 is 68.9. The molecule has 10 nitrogen and oxygen atoms in total. The summed E-state index contributed by atoms with van der Waals surface area (Å²) in [6.45, 7) is 8.12. The lowest BCUT2D eigenvalue weighted by molar-refractivity contribution is -0.156. The van der Waals surface area contributed by atoms with Gasteiger partial charge in [0.15, 0.2) is 18.5 Å². The van der Waals surface area contributed by atoms with Crippen molar-refractivity contribution < 1.29 is 46.8 Å². The molecule has 2 aromatic rings. The number of nitrogens with zero attached hydrogens (tertiary/aromatic N) is 3. The molecule has 3 fully saturated rings. The molecule has 13 heteroatoms. The minimum absolute atomic E-state index is 0.134. The molecule has 0 unspecified atom stereocenters. The Balaban J connectivity index is 1.13. The molecule has 3 aliphatic heterocycles. The highest BCUT2D eigenvalue weighted by Crippen LogP contribution is 2.37. The van der Waals surface area contributed by atoms with E-state index < -0.39 is 41.9 Å². The Labute approximate surface area is 235 Å². The van der Waals surface area contributed by atoms with Crippen LogP contribution in [0.5, 0.6) is 11.6 Å². The molecular formula is C28H34F3N3O7. The van der Waals surface area contributed by atoms with Gasteiger partial charge in [0.25, 0.3) is 0 Å². The number of hydrogen-bond donors (Lipinski definition) is 1. The molecule has 0 amide bonds. The third-order valence-corrected chi connectivity index (χ3v) is 7.25. The maximum atomic E-state index is 13.1. The number of aliphatic carboxylic acids is 1. The van der Waals surface area contributed by atoms with E-state index >= 15 is 0 Å². The largest absolute Gasteiger partial charge is 0.482 e. The molecule has 41 heavy (non-hydrogen) atoms. The molecule has 1 aromatic heterocycles. The van der Waals surface area contributed by atoms with Crippen LogP contribution in [0.1, 0.15) is 25.1 Å². The van der Waals surface area contributed by atoms with E-state index in [0.29, 0.717) is 12.3 Å². The van der Waals surface area contributed by atoms with Crippen LogP contribution < -0.4 is 9.47 Å². The zero-order valence-electron chi connectivity index (χ0n) is 22.9. The van der Waals surface area contributed by atoms with Gasteiger partial charge in [-0.25, -0.2) is 9.78 Å². The lowest BCUT2D eigenvalue weighted by Gasteiger charge is -2.41. The highest BCUT2D eigenvalue weighted by atomic mass is 19.4. The monoisotopic (exact) mass is 581 g/mol. The molecule has 1 N–H and O–H groups in total. The van der Waals surface area contributed by atoms with Crippen molar-refractivity contribution >= 4 is 5.97 Å². The first-order valence-electron chi connectivity index (χ1n) is 13.5. The molecule has 0 radical (unpaired) electrons. The second-order valence-corrected chi connectivity index (χ2v) is 10.9. The van der Waals surface area contributed by atoms with Gasteiger partial charge in [-0.15, -0.1) is 0 Å². The summed E-state index contributed by atoms with van der Waals surface area (Å²) in [5.74, 6) is -1.53. The summed E-state index contributed by atoms with van der Waals surface area (Å²) in [5, 5.41) is 8.74. The predicted octanol–water partition coefficient (Wildman–Crippen LogP) is 3.05. The van der Waals surface area contributed by atoms with Gasteiger partial charge in [-0.05, 0) is 37.6 Å². The van der Waals surface area contributed by atoms with Crippen LogP contribution in [0.3, 0.4) is 0 Å². The number of rotatable bonds is 9. The van der Waals surface area contributed by atoms with Crippen molar-refractivity contribution in [2.45, 2.75) is 56.8 Å². The number of pyridine rings is 1. The number of piperazine rings is 1. The molecule has 0 saturated carbocycles. The van der Waals surface area contributed by atoms with Crippen LogP contribution in [-0.4, -0.2) is 102 Å². The first-order chi connectivity index (χ1) is 19.4. The Morgan fingerprint density at radius 2 is 1.73 bits per heavy atom. The van der Waals surface area contributed by atoms with Crippen LogP contribution in [0.4, 0.5) is 13.2 Å². The van der Waals surface area contributed by atoms with Crippen molar-refractivity contribution in [1.29, 1.82) is 0 Å². The van der Waals surface area contributed by atoms with Gasteiger partial charge < -0.3 is 28.8 Å². The number of alkyl halides is 3. The Bertz CT molecular complexity index is 1190. The van der Waals surface area contributed by atoms with Gasteiger partial charge in [-0.3, -0.25) is 9.80 Å². The number of benzene rings is 1. The Morgan fingerprint density at radius 3 is 2.41 bits per heavy atom. The number of aromatic nitrogens is 1. The molecule has 0 spiro atoms. The minimum atomic E-state index is -4.57. The Kier molecular flexibility index (Phi) is 8.71. The van der Waals surface area contributed by atoms with Crippen molar-refractivity contribution in [3.63, 3.8) is 0 Å². The van der Waals surface area contributed by atoms with Gasteiger partial charge in [0.1, 0.15) is 23.7 Å². The Morgan fingerprint density at radius 1 is 1.05 bits per heavy atom. The average Bonchev–Trinajstić information content (AvgIpc) is 3.26.